The van der Waals surface area contributed by atoms with Gasteiger partial charge >= 0.3 is 0 Å². The van der Waals surface area contributed by atoms with E-state index in [4.69, 9.17) is 4.42 Å². The van der Waals surface area contributed by atoms with E-state index in [0.29, 0.717) is 23.2 Å². The van der Waals surface area contributed by atoms with E-state index in [1.807, 2.05) is 6.92 Å². The van der Waals surface area contributed by atoms with Crippen LogP contribution in [-0.4, -0.2) is 6.29 Å². The van der Waals surface area contributed by atoms with Crippen LogP contribution in [0.4, 0.5) is 4.39 Å². The van der Waals surface area contributed by atoms with Crippen LogP contribution in [0.5, 0.6) is 0 Å². The topological polar surface area (TPSA) is 30.2 Å². The normalized spacial score (nSPS) is 10.3. The SMILES string of the molecule is Cc1ccc(-c2ccc(F)cc2C=O)o1. The average Bonchev–Trinajstić information content (AvgIpc) is 2.64. The standard InChI is InChI=1S/C12H9FO2/c1-8-2-5-12(15-8)11-4-3-10(13)6-9(11)7-14/h2-7H,1H3. The number of hydrogen-bond acceptors (Lipinski definition) is 2. The van der Waals surface area contributed by atoms with Crippen LogP contribution in [0, 0.1) is 12.7 Å². The number of halogens is 1. The van der Waals surface area contributed by atoms with Gasteiger partial charge in [-0.2, -0.15) is 0 Å². The van der Waals surface area contributed by atoms with E-state index in [1.54, 1.807) is 12.1 Å². The van der Waals surface area contributed by atoms with Gasteiger partial charge in [-0.3, -0.25) is 4.79 Å². The average molecular weight is 204 g/mol. The van der Waals surface area contributed by atoms with Crippen LogP contribution in [0.25, 0.3) is 11.3 Å². The second-order valence-electron chi connectivity index (χ2n) is 3.26. The van der Waals surface area contributed by atoms with Crippen molar-refractivity contribution >= 4 is 6.29 Å². The summed E-state index contributed by atoms with van der Waals surface area (Å²) >= 11 is 0. The highest BCUT2D eigenvalue weighted by Crippen LogP contribution is 2.25. The Bertz CT molecular complexity index is 500. The third-order valence-corrected chi connectivity index (χ3v) is 2.15. The van der Waals surface area contributed by atoms with Crippen LogP contribution in [0.1, 0.15) is 16.1 Å². The fourth-order valence-corrected chi connectivity index (χ4v) is 1.43. The maximum atomic E-state index is 12.9. The maximum absolute atomic E-state index is 12.9. The number of furan rings is 1. The first-order valence-electron chi connectivity index (χ1n) is 4.52. The number of aryl methyl sites for hydroxylation is 1. The fraction of sp³-hybridized carbons (Fsp3) is 0.0833. The van der Waals surface area contributed by atoms with E-state index in [2.05, 4.69) is 0 Å². The van der Waals surface area contributed by atoms with Crippen LogP contribution >= 0.6 is 0 Å². The van der Waals surface area contributed by atoms with Crippen molar-refractivity contribution in [2.75, 3.05) is 0 Å². The molecule has 0 radical (unpaired) electrons. The first-order chi connectivity index (χ1) is 7.20. The summed E-state index contributed by atoms with van der Waals surface area (Å²) in [5.74, 6) is 0.907. The zero-order valence-electron chi connectivity index (χ0n) is 8.16. The van der Waals surface area contributed by atoms with Gasteiger partial charge in [0.1, 0.15) is 17.3 Å². The molecule has 1 aromatic heterocycles. The maximum Gasteiger partial charge on any atom is 0.150 e. The Morgan fingerprint density at radius 1 is 1.27 bits per heavy atom. The highest BCUT2D eigenvalue weighted by atomic mass is 19.1. The predicted molar refractivity (Wildman–Crippen MR) is 54.2 cm³/mol. The Morgan fingerprint density at radius 2 is 2.07 bits per heavy atom. The van der Waals surface area contributed by atoms with Crippen LogP contribution in [0.3, 0.4) is 0 Å². The lowest BCUT2D eigenvalue weighted by atomic mass is 10.1. The molecule has 0 fully saturated rings. The van der Waals surface area contributed by atoms with E-state index in [1.165, 1.54) is 18.2 Å². The molecule has 0 unspecified atom stereocenters. The summed E-state index contributed by atoms with van der Waals surface area (Å²) in [6, 6.07) is 7.60. The number of rotatable bonds is 2. The van der Waals surface area contributed by atoms with Gasteiger partial charge in [-0.05, 0) is 37.3 Å². The van der Waals surface area contributed by atoms with Crippen molar-refractivity contribution in [3.63, 3.8) is 0 Å². The zero-order chi connectivity index (χ0) is 10.8. The number of aldehydes is 1. The van der Waals surface area contributed by atoms with Crippen molar-refractivity contribution in [3.05, 3.63) is 47.5 Å². The molecule has 1 aromatic carbocycles. The van der Waals surface area contributed by atoms with Crippen molar-refractivity contribution in [3.8, 4) is 11.3 Å². The third kappa shape index (κ3) is 1.81. The summed E-state index contributed by atoms with van der Waals surface area (Å²) in [7, 11) is 0. The Morgan fingerprint density at radius 3 is 2.67 bits per heavy atom. The second-order valence-corrected chi connectivity index (χ2v) is 3.26. The molecule has 0 saturated heterocycles. The summed E-state index contributed by atoms with van der Waals surface area (Å²) in [5.41, 5.74) is 0.906. The first-order valence-corrected chi connectivity index (χ1v) is 4.52. The van der Waals surface area contributed by atoms with E-state index in [9.17, 15) is 9.18 Å². The van der Waals surface area contributed by atoms with Crippen molar-refractivity contribution in [2.24, 2.45) is 0 Å². The van der Waals surface area contributed by atoms with Crippen molar-refractivity contribution in [2.45, 2.75) is 6.92 Å². The first kappa shape index (κ1) is 9.65. The van der Waals surface area contributed by atoms with Crippen LogP contribution < -0.4 is 0 Å². The van der Waals surface area contributed by atoms with Gasteiger partial charge in [-0.15, -0.1) is 0 Å². The van der Waals surface area contributed by atoms with Crippen LogP contribution in [-0.2, 0) is 0 Å². The van der Waals surface area contributed by atoms with Crippen molar-refractivity contribution in [1.82, 2.24) is 0 Å². The highest BCUT2D eigenvalue weighted by Gasteiger charge is 2.08. The highest BCUT2D eigenvalue weighted by molar-refractivity contribution is 5.86. The molecule has 0 N–H and O–H groups in total. The third-order valence-electron chi connectivity index (χ3n) is 2.15. The number of carbonyl (C=O) groups excluding carboxylic acids is 1. The predicted octanol–water partition coefficient (Wildman–Crippen LogP) is 3.21. The largest absolute Gasteiger partial charge is 0.461 e. The minimum Gasteiger partial charge on any atom is -0.461 e. The van der Waals surface area contributed by atoms with Gasteiger partial charge in [0.2, 0.25) is 0 Å². The molecule has 0 amide bonds. The molecule has 0 saturated carbocycles. The molecule has 0 aliphatic rings. The van der Waals surface area contributed by atoms with Gasteiger partial charge in [0.05, 0.1) is 0 Å². The van der Waals surface area contributed by atoms with E-state index in [0.717, 1.165) is 5.76 Å². The van der Waals surface area contributed by atoms with Gasteiger partial charge in [-0.25, -0.2) is 4.39 Å². The number of carbonyl (C=O) groups is 1. The summed E-state index contributed by atoms with van der Waals surface area (Å²) < 4.78 is 18.2. The lowest BCUT2D eigenvalue weighted by Crippen LogP contribution is -1.87. The molecule has 0 bridgehead atoms. The zero-order valence-corrected chi connectivity index (χ0v) is 8.16. The smallest absolute Gasteiger partial charge is 0.150 e. The summed E-state index contributed by atoms with van der Waals surface area (Å²) in [5, 5.41) is 0. The molecule has 76 valence electrons. The molecular weight excluding hydrogens is 195 g/mol. The van der Waals surface area contributed by atoms with Crippen LogP contribution in [0.15, 0.2) is 34.7 Å². The Labute approximate surface area is 86.3 Å². The van der Waals surface area contributed by atoms with Gasteiger partial charge in [0, 0.05) is 11.1 Å². The molecule has 0 aliphatic carbocycles. The fourth-order valence-electron chi connectivity index (χ4n) is 1.43. The van der Waals surface area contributed by atoms with Gasteiger partial charge < -0.3 is 4.42 Å². The quantitative estimate of drug-likeness (QED) is 0.703. The van der Waals surface area contributed by atoms with Crippen molar-refractivity contribution < 1.29 is 13.6 Å². The Kier molecular flexibility index (Phi) is 2.37. The molecule has 0 atom stereocenters. The molecule has 0 aliphatic heterocycles. The molecule has 2 nitrogen and oxygen atoms in total. The molecule has 0 spiro atoms. The van der Waals surface area contributed by atoms with Gasteiger partial charge in [0.15, 0.2) is 6.29 Å². The Hall–Kier alpha value is -1.90. The second kappa shape index (κ2) is 3.69. The van der Waals surface area contributed by atoms with Gasteiger partial charge in [0.25, 0.3) is 0 Å². The van der Waals surface area contributed by atoms with Crippen molar-refractivity contribution in [1.29, 1.82) is 0 Å². The summed E-state index contributed by atoms with van der Waals surface area (Å²) in [4.78, 5) is 10.8. The van der Waals surface area contributed by atoms with Gasteiger partial charge in [-0.1, -0.05) is 0 Å². The van der Waals surface area contributed by atoms with Crippen LogP contribution in [0.2, 0.25) is 0 Å². The number of hydrogen-bond donors (Lipinski definition) is 0. The van der Waals surface area contributed by atoms with E-state index >= 15 is 0 Å². The monoisotopic (exact) mass is 204 g/mol. The molecule has 1 heterocycles. The Balaban J connectivity index is 2.57. The van der Waals surface area contributed by atoms with E-state index in [-0.39, 0.29) is 0 Å². The molecule has 2 aromatic rings. The minimum absolute atomic E-state index is 0.296. The summed E-state index contributed by atoms with van der Waals surface area (Å²) in [6.07, 6.45) is 0.621. The molecule has 2 rings (SSSR count). The summed E-state index contributed by atoms with van der Waals surface area (Å²) in [6.45, 7) is 1.81. The number of benzene rings is 1. The van der Waals surface area contributed by atoms with E-state index < -0.39 is 5.82 Å². The minimum atomic E-state index is -0.427. The lowest BCUT2D eigenvalue weighted by Gasteiger charge is -2.00. The molecule has 15 heavy (non-hydrogen) atoms. The molecular formula is C12H9FO2. The lowest BCUT2D eigenvalue weighted by molar-refractivity contribution is 0.112. The molecule has 3 heteroatoms.